The molecule has 25 heavy (non-hydrogen) atoms. The van der Waals surface area contributed by atoms with E-state index in [0.29, 0.717) is 5.89 Å². The zero-order valence-electron chi connectivity index (χ0n) is 13.6. The molecule has 0 fully saturated rings. The second-order valence-electron chi connectivity index (χ2n) is 5.10. The number of hydrogen-bond acceptors (Lipinski definition) is 6. The van der Waals surface area contributed by atoms with Gasteiger partial charge < -0.3 is 9.15 Å². The van der Waals surface area contributed by atoms with Crippen LogP contribution in [0.1, 0.15) is 6.42 Å². The molecule has 128 valence electrons. The summed E-state index contributed by atoms with van der Waals surface area (Å²) in [5.74, 6) is 0.844. The Morgan fingerprint density at radius 3 is 2.60 bits per heavy atom. The monoisotopic (exact) mass is 355 g/mol. The number of amides is 1. The summed E-state index contributed by atoms with van der Waals surface area (Å²) < 4.78 is 11.0. The third-order valence-corrected chi connectivity index (χ3v) is 4.09. The molecule has 0 saturated carbocycles. The van der Waals surface area contributed by atoms with Gasteiger partial charge in [0.25, 0.3) is 0 Å². The highest BCUT2D eigenvalue weighted by molar-refractivity contribution is 7.98. The number of carbonyl (C=O) groups excluding carboxylic acids is 1. The van der Waals surface area contributed by atoms with Gasteiger partial charge in [-0.1, -0.05) is 23.3 Å². The Morgan fingerprint density at radius 2 is 1.88 bits per heavy atom. The minimum atomic E-state index is -0.246. The number of ether oxygens (including phenoxy) is 1. The molecular weight excluding hydrogens is 338 g/mol. The molecule has 6 nitrogen and oxygen atoms in total. The van der Waals surface area contributed by atoms with Crippen molar-refractivity contribution >= 4 is 23.7 Å². The SMILES string of the molecule is CSc1ccc(-c2nnc(NC(=O)CCOc3ccccc3)o2)cc1. The standard InChI is InChI=1S/C18H17N3O3S/c1-25-15-9-7-13(8-10-15)17-20-21-18(24-17)19-16(22)11-12-23-14-5-3-2-4-6-14/h2-10H,11-12H2,1H3,(H,19,21,22). The second-order valence-corrected chi connectivity index (χ2v) is 5.98. The minimum Gasteiger partial charge on any atom is -0.493 e. The third kappa shape index (κ3) is 4.84. The highest BCUT2D eigenvalue weighted by atomic mass is 32.2. The van der Waals surface area contributed by atoms with Gasteiger partial charge in [0.15, 0.2) is 0 Å². The summed E-state index contributed by atoms with van der Waals surface area (Å²) >= 11 is 1.66. The Labute approximate surface area is 149 Å². The quantitative estimate of drug-likeness (QED) is 0.648. The van der Waals surface area contributed by atoms with Crippen LogP contribution in [0.4, 0.5) is 6.01 Å². The van der Waals surface area contributed by atoms with E-state index >= 15 is 0 Å². The van der Waals surface area contributed by atoms with Crippen molar-refractivity contribution in [2.75, 3.05) is 18.2 Å². The summed E-state index contributed by atoms with van der Waals surface area (Å²) in [6, 6.07) is 17.2. The second kappa shape index (κ2) is 8.34. The van der Waals surface area contributed by atoms with Crippen molar-refractivity contribution in [3.05, 3.63) is 54.6 Å². The molecule has 0 atom stereocenters. The van der Waals surface area contributed by atoms with Crippen molar-refractivity contribution in [3.63, 3.8) is 0 Å². The number of aromatic nitrogens is 2. The molecule has 1 N–H and O–H groups in total. The van der Waals surface area contributed by atoms with Gasteiger partial charge in [0, 0.05) is 10.5 Å². The summed E-state index contributed by atoms with van der Waals surface area (Å²) in [7, 11) is 0. The largest absolute Gasteiger partial charge is 0.493 e. The average Bonchev–Trinajstić information content (AvgIpc) is 3.11. The van der Waals surface area contributed by atoms with Crippen molar-refractivity contribution in [3.8, 4) is 17.2 Å². The van der Waals surface area contributed by atoms with Crippen molar-refractivity contribution in [1.82, 2.24) is 10.2 Å². The van der Waals surface area contributed by atoms with E-state index in [2.05, 4.69) is 15.5 Å². The zero-order valence-corrected chi connectivity index (χ0v) is 14.5. The molecule has 3 rings (SSSR count). The van der Waals surface area contributed by atoms with Crippen LogP contribution in [0.15, 0.2) is 63.9 Å². The van der Waals surface area contributed by atoms with E-state index in [1.54, 1.807) is 11.8 Å². The molecule has 1 aromatic heterocycles. The van der Waals surface area contributed by atoms with Crippen LogP contribution in [-0.4, -0.2) is 29.0 Å². The molecule has 0 radical (unpaired) electrons. The maximum absolute atomic E-state index is 11.9. The highest BCUT2D eigenvalue weighted by Crippen LogP contribution is 2.23. The number of carbonyl (C=O) groups is 1. The first-order valence-corrected chi connectivity index (χ1v) is 8.93. The first-order valence-electron chi connectivity index (χ1n) is 7.70. The fourth-order valence-electron chi connectivity index (χ4n) is 2.08. The summed E-state index contributed by atoms with van der Waals surface area (Å²) in [4.78, 5) is 13.1. The van der Waals surface area contributed by atoms with Gasteiger partial charge in [-0.3, -0.25) is 10.1 Å². The fraction of sp³-hybridized carbons (Fsp3) is 0.167. The summed E-state index contributed by atoms with van der Waals surface area (Å²) in [5, 5.41) is 10.4. The molecule has 0 aliphatic heterocycles. The number of nitrogens with one attached hydrogen (secondary N) is 1. The predicted molar refractivity (Wildman–Crippen MR) is 96.7 cm³/mol. The van der Waals surface area contributed by atoms with Crippen LogP contribution in [0.2, 0.25) is 0 Å². The number of benzene rings is 2. The molecule has 0 aliphatic rings. The minimum absolute atomic E-state index is 0.0775. The van der Waals surface area contributed by atoms with Crippen molar-refractivity contribution in [2.45, 2.75) is 11.3 Å². The molecule has 3 aromatic rings. The number of hydrogen-bond donors (Lipinski definition) is 1. The summed E-state index contributed by atoms with van der Waals surface area (Å²) in [6.07, 6.45) is 2.20. The lowest BCUT2D eigenvalue weighted by Crippen LogP contribution is -2.15. The molecule has 7 heteroatoms. The molecular formula is C18H17N3O3S. The number of anilines is 1. The topological polar surface area (TPSA) is 77.2 Å². The smallest absolute Gasteiger partial charge is 0.322 e. The van der Waals surface area contributed by atoms with E-state index in [9.17, 15) is 4.79 Å². The number of thioether (sulfide) groups is 1. The van der Waals surface area contributed by atoms with E-state index in [1.807, 2.05) is 60.9 Å². The Hall–Kier alpha value is -2.80. The first kappa shape index (κ1) is 17.0. The average molecular weight is 355 g/mol. The fourth-order valence-corrected chi connectivity index (χ4v) is 2.49. The lowest BCUT2D eigenvalue weighted by molar-refractivity contribution is -0.116. The van der Waals surface area contributed by atoms with Gasteiger partial charge in [0.2, 0.25) is 11.8 Å². The van der Waals surface area contributed by atoms with Gasteiger partial charge in [-0.05, 0) is 42.7 Å². The molecule has 2 aromatic carbocycles. The summed E-state index contributed by atoms with van der Waals surface area (Å²) in [5.41, 5.74) is 0.804. The Balaban J connectivity index is 1.51. The van der Waals surface area contributed by atoms with Gasteiger partial charge in [-0.2, -0.15) is 0 Å². The molecule has 0 aliphatic carbocycles. The molecule has 0 saturated heterocycles. The molecule has 0 bridgehead atoms. The molecule has 0 unspecified atom stereocenters. The van der Waals surface area contributed by atoms with Crippen molar-refractivity contribution in [1.29, 1.82) is 0 Å². The number of para-hydroxylation sites is 1. The van der Waals surface area contributed by atoms with E-state index in [-0.39, 0.29) is 24.9 Å². The van der Waals surface area contributed by atoms with E-state index in [4.69, 9.17) is 9.15 Å². The van der Waals surface area contributed by atoms with Crippen LogP contribution < -0.4 is 10.1 Å². The maximum Gasteiger partial charge on any atom is 0.322 e. The van der Waals surface area contributed by atoms with Gasteiger partial charge in [0.05, 0.1) is 13.0 Å². The van der Waals surface area contributed by atoms with Crippen LogP contribution in [0.3, 0.4) is 0 Å². The Kier molecular flexibility index (Phi) is 5.69. The first-order chi connectivity index (χ1) is 12.2. The lowest BCUT2D eigenvalue weighted by Gasteiger charge is -2.04. The van der Waals surface area contributed by atoms with Gasteiger partial charge in [-0.25, -0.2) is 0 Å². The molecule has 1 heterocycles. The Bertz CT molecular complexity index is 819. The normalized spacial score (nSPS) is 10.4. The van der Waals surface area contributed by atoms with Crippen molar-refractivity contribution in [2.24, 2.45) is 0 Å². The number of rotatable bonds is 7. The Morgan fingerprint density at radius 1 is 1.12 bits per heavy atom. The molecule has 1 amide bonds. The third-order valence-electron chi connectivity index (χ3n) is 3.35. The van der Waals surface area contributed by atoms with Crippen LogP contribution in [0.25, 0.3) is 11.5 Å². The van der Waals surface area contributed by atoms with Gasteiger partial charge >= 0.3 is 6.01 Å². The van der Waals surface area contributed by atoms with Crippen molar-refractivity contribution < 1.29 is 13.9 Å². The van der Waals surface area contributed by atoms with Gasteiger partial charge in [-0.15, -0.1) is 16.9 Å². The van der Waals surface area contributed by atoms with E-state index in [1.165, 1.54) is 0 Å². The number of nitrogens with zero attached hydrogens (tertiary/aromatic N) is 2. The highest BCUT2D eigenvalue weighted by Gasteiger charge is 2.11. The predicted octanol–water partition coefficient (Wildman–Crippen LogP) is 3.87. The van der Waals surface area contributed by atoms with Crippen LogP contribution in [-0.2, 0) is 4.79 Å². The maximum atomic E-state index is 11.9. The lowest BCUT2D eigenvalue weighted by atomic mass is 10.2. The molecule has 0 spiro atoms. The van der Waals surface area contributed by atoms with Crippen LogP contribution in [0, 0.1) is 0 Å². The van der Waals surface area contributed by atoms with Crippen LogP contribution >= 0.6 is 11.8 Å². The zero-order chi connectivity index (χ0) is 17.5. The van der Waals surface area contributed by atoms with Crippen LogP contribution in [0.5, 0.6) is 5.75 Å². The van der Waals surface area contributed by atoms with Gasteiger partial charge in [0.1, 0.15) is 5.75 Å². The van der Waals surface area contributed by atoms with E-state index in [0.717, 1.165) is 16.2 Å². The summed E-state index contributed by atoms with van der Waals surface area (Å²) in [6.45, 7) is 0.271. The van der Waals surface area contributed by atoms with E-state index < -0.39 is 0 Å².